The van der Waals surface area contributed by atoms with Crippen molar-refractivity contribution in [2.75, 3.05) is 14.1 Å². The highest BCUT2D eigenvalue weighted by Gasteiger charge is 2.31. The fraction of sp³-hybridized carbons (Fsp3) is 0.571. The van der Waals surface area contributed by atoms with Crippen LogP contribution >= 0.6 is 0 Å². The first-order valence-corrected chi connectivity index (χ1v) is 8.44. The van der Waals surface area contributed by atoms with Crippen molar-refractivity contribution in [2.45, 2.75) is 42.7 Å². The summed E-state index contributed by atoms with van der Waals surface area (Å²) in [5.74, 6) is 0. The van der Waals surface area contributed by atoms with Gasteiger partial charge in [-0.1, -0.05) is 0 Å². The lowest BCUT2D eigenvalue weighted by molar-refractivity contribution is 0.255. The van der Waals surface area contributed by atoms with Gasteiger partial charge in [0, 0.05) is 25.3 Å². The van der Waals surface area contributed by atoms with Gasteiger partial charge in [-0.15, -0.1) is 0 Å². The highest BCUT2D eigenvalue weighted by atomic mass is 32.2. The molecule has 1 aromatic heterocycles. The smallest absolute Gasteiger partial charge is 0.244 e. The quantitative estimate of drug-likeness (QED) is 0.900. The summed E-state index contributed by atoms with van der Waals surface area (Å²) in [7, 11) is 0.0145. The predicted molar refractivity (Wildman–Crippen MR) is 79.0 cm³/mol. The number of nitriles is 1. The predicted octanol–water partition coefficient (Wildman–Crippen LogP) is 1.10. The molecule has 1 aliphatic carbocycles. The van der Waals surface area contributed by atoms with E-state index < -0.39 is 10.0 Å². The van der Waals surface area contributed by atoms with E-state index in [9.17, 15) is 8.42 Å². The van der Waals surface area contributed by atoms with E-state index in [1.807, 2.05) is 13.1 Å². The molecule has 0 radical (unpaired) electrons. The fourth-order valence-corrected chi connectivity index (χ4v) is 4.05. The normalized spacial score (nSPS) is 23.0. The van der Waals surface area contributed by atoms with Gasteiger partial charge < -0.3 is 5.32 Å². The average molecular weight is 308 g/mol. The number of nitrogens with zero attached hydrogens (tertiary/aromatic N) is 3. The summed E-state index contributed by atoms with van der Waals surface area (Å²) < 4.78 is 26.6. The summed E-state index contributed by atoms with van der Waals surface area (Å²) >= 11 is 0. The Morgan fingerprint density at radius 3 is 2.48 bits per heavy atom. The van der Waals surface area contributed by atoms with Gasteiger partial charge in [-0.25, -0.2) is 13.4 Å². The summed E-state index contributed by atoms with van der Waals surface area (Å²) in [5.41, 5.74) is 0.214. The Morgan fingerprint density at radius 1 is 1.33 bits per heavy atom. The van der Waals surface area contributed by atoms with Crippen LogP contribution in [-0.4, -0.2) is 43.9 Å². The van der Waals surface area contributed by atoms with Crippen LogP contribution in [-0.2, 0) is 10.0 Å². The molecule has 6 nitrogen and oxygen atoms in total. The van der Waals surface area contributed by atoms with Crippen molar-refractivity contribution in [1.82, 2.24) is 14.6 Å². The molecule has 0 spiro atoms. The van der Waals surface area contributed by atoms with Crippen LogP contribution in [0.1, 0.15) is 31.4 Å². The molecule has 0 amide bonds. The Morgan fingerprint density at radius 2 is 2.00 bits per heavy atom. The summed E-state index contributed by atoms with van der Waals surface area (Å²) in [6, 6.07) is 5.26. The molecule has 1 N–H and O–H groups in total. The third kappa shape index (κ3) is 3.40. The Bertz CT molecular complexity index is 613. The van der Waals surface area contributed by atoms with Gasteiger partial charge in [0.05, 0.1) is 0 Å². The molecule has 1 aromatic rings. The molecule has 0 aromatic carbocycles. The number of rotatable bonds is 4. The third-order valence-electron chi connectivity index (χ3n) is 4.15. The minimum Gasteiger partial charge on any atom is -0.317 e. The number of pyridine rings is 1. The molecule has 0 unspecified atom stereocenters. The molecule has 2 rings (SSSR count). The molecule has 114 valence electrons. The number of aromatic nitrogens is 1. The molecule has 1 aliphatic rings. The Kier molecular flexibility index (Phi) is 4.93. The summed E-state index contributed by atoms with van der Waals surface area (Å²) in [6.07, 6.45) is 4.92. The summed E-state index contributed by atoms with van der Waals surface area (Å²) in [6.45, 7) is 0. The van der Waals surface area contributed by atoms with E-state index in [1.165, 1.54) is 22.6 Å². The van der Waals surface area contributed by atoms with E-state index in [0.29, 0.717) is 6.04 Å². The number of hydrogen-bond donors (Lipinski definition) is 1. The maximum Gasteiger partial charge on any atom is 0.244 e. The average Bonchev–Trinajstić information content (AvgIpc) is 2.54. The van der Waals surface area contributed by atoms with Gasteiger partial charge in [0.2, 0.25) is 10.0 Å². The van der Waals surface area contributed by atoms with Gasteiger partial charge in [-0.2, -0.15) is 9.57 Å². The molecule has 1 fully saturated rings. The standard InChI is InChI=1S/C14H20N4O2S/c1-16-11-3-6-13(7-4-11)18(2)21(19,20)14-8-5-12(9-15)17-10-14/h5,8,10-11,13,16H,3-4,6-7H2,1-2H3. The number of nitrogens with one attached hydrogen (secondary N) is 1. The van der Waals surface area contributed by atoms with Crippen molar-refractivity contribution in [3.8, 4) is 6.07 Å². The zero-order valence-electron chi connectivity index (χ0n) is 12.3. The summed E-state index contributed by atoms with van der Waals surface area (Å²) in [4.78, 5) is 3.98. The second kappa shape index (κ2) is 6.52. The van der Waals surface area contributed by atoms with E-state index >= 15 is 0 Å². The van der Waals surface area contributed by atoms with Crippen molar-refractivity contribution in [3.63, 3.8) is 0 Å². The molecule has 21 heavy (non-hydrogen) atoms. The van der Waals surface area contributed by atoms with Gasteiger partial charge in [0.1, 0.15) is 16.7 Å². The zero-order valence-corrected chi connectivity index (χ0v) is 13.1. The Labute approximate surface area is 125 Å². The zero-order chi connectivity index (χ0) is 15.5. The molecule has 7 heteroatoms. The molecule has 1 saturated carbocycles. The van der Waals surface area contributed by atoms with E-state index in [4.69, 9.17) is 5.26 Å². The SMILES string of the molecule is CNC1CCC(N(C)S(=O)(=O)c2ccc(C#N)nc2)CC1. The highest BCUT2D eigenvalue weighted by Crippen LogP contribution is 2.26. The largest absolute Gasteiger partial charge is 0.317 e. The first-order valence-electron chi connectivity index (χ1n) is 7.00. The second-order valence-corrected chi connectivity index (χ2v) is 7.30. The van der Waals surface area contributed by atoms with Gasteiger partial charge in [-0.3, -0.25) is 0 Å². The first-order chi connectivity index (χ1) is 9.98. The summed E-state index contributed by atoms with van der Waals surface area (Å²) in [5, 5.41) is 12.0. The maximum atomic E-state index is 12.6. The molecular weight excluding hydrogens is 288 g/mol. The molecule has 0 aliphatic heterocycles. The van der Waals surface area contributed by atoms with E-state index in [0.717, 1.165) is 25.7 Å². The second-order valence-electron chi connectivity index (χ2n) is 5.31. The maximum absolute atomic E-state index is 12.6. The molecule has 0 bridgehead atoms. The lowest BCUT2D eigenvalue weighted by Gasteiger charge is -2.33. The Balaban J connectivity index is 2.13. The molecule has 0 atom stereocenters. The van der Waals surface area contributed by atoms with Crippen LogP contribution in [0, 0.1) is 11.3 Å². The fourth-order valence-electron chi connectivity index (χ4n) is 2.69. The van der Waals surface area contributed by atoms with E-state index in [1.54, 1.807) is 7.05 Å². The Hall–Kier alpha value is -1.49. The van der Waals surface area contributed by atoms with Crippen molar-refractivity contribution >= 4 is 10.0 Å². The molecule has 0 saturated heterocycles. The van der Waals surface area contributed by atoms with Crippen LogP contribution in [0.15, 0.2) is 23.2 Å². The van der Waals surface area contributed by atoms with Gasteiger partial charge >= 0.3 is 0 Å². The van der Waals surface area contributed by atoms with Crippen LogP contribution in [0.3, 0.4) is 0 Å². The van der Waals surface area contributed by atoms with Crippen LogP contribution in [0.4, 0.5) is 0 Å². The monoisotopic (exact) mass is 308 g/mol. The van der Waals surface area contributed by atoms with Crippen molar-refractivity contribution in [1.29, 1.82) is 5.26 Å². The lowest BCUT2D eigenvalue weighted by atomic mass is 9.91. The third-order valence-corrected chi connectivity index (χ3v) is 6.04. The molecular formula is C14H20N4O2S. The first kappa shape index (κ1) is 15.9. The molecule has 1 heterocycles. The van der Waals surface area contributed by atoms with Gasteiger partial charge in [-0.05, 0) is 44.9 Å². The van der Waals surface area contributed by atoms with Gasteiger partial charge in [0.15, 0.2) is 0 Å². The van der Waals surface area contributed by atoms with E-state index in [2.05, 4.69) is 10.3 Å². The van der Waals surface area contributed by atoms with Crippen molar-refractivity contribution < 1.29 is 8.42 Å². The van der Waals surface area contributed by atoms with Crippen LogP contribution in [0.25, 0.3) is 0 Å². The number of sulfonamides is 1. The van der Waals surface area contributed by atoms with Crippen LogP contribution in [0.5, 0.6) is 0 Å². The van der Waals surface area contributed by atoms with Gasteiger partial charge in [0.25, 0.3) is 0 Å². The van der Waals surface area contributed by atoms with E-state index in [-0.39, 0.29) is 16.6 Å². The minimum absolute atomic E-state index is 0.0234. The van der Waals surface area contributed by atoms with Crippen molar-refractivity contribution in [3.05, 3.63) is 24.0 Å². The minimum atomic E-state index is -3.55. The van der Waals surface area contributed by atoms with Crippen LogP contribution in [0.2, 0.25) is 0 Å². The number of hydrogen-bond acceptors (Lipinski definition) is 5. The lowest BCUT2D eigenvalue weighted by Crippen LogP contribution is -2.42. The van der Waals surface area contributed by atoms with Crippen molar-refractivity contribution in [2.24, 2.45) is 0 Å². The highest BCUT2D eigenvalue weighted by molar-refractivity contribution is 7.89. The van der Waals surface area contributed by atoms with Crippen LogP contribution < -0.4 is 5.32 Å². The topological polar surface area (TPSA) is 86.1 Å².